The highest BCUT2D eigenvalue weighted by molar-refractivity contribution is 5.85. The van der Waals surface area contributed by atoms with Gasteiger partial charge in [-0.25, -0.2) is 0 Å². The number of ether oxygens (including phenoxy) is 2. The van der Waals surface area contributed by atoms with Gasteiger partial charge in [0.05, 0.1) is 19.6 Å². The van der Waals surface area contributed by atoms with Gasteiger partial charge in [0.15, 0.2) is 0 Å². The molecule has 162 valence electrons. The van der Waals surface area contributed by atoms with Crippen molar-refractivity contribution in [3.05, 3.63) is 59.7 Å². The molecular weight excluding hydrogens is 400 g/mol. The van der Waals surface area contributed by atoms with E-state index < -0.39 is 0 Å². The lowest BCUT2D eigenvalue weighted by molar-refractivity contribution is -0.153. The molecule has 2 saturated heterocycles. The van der Waals surface area contributed by atoms with Gasteiger partial charge in [-0.2, -0.15) is 0 Å². The number of carbonyl (C=O) groups excluding carboxylic acids is 1. The normalized spacial score (nSPS) is 25.4. The molecule has 2 heterocycles. The molecule has 2 fully saturated rings. The third kappa shape index (κ3) is 4.57. The minimum Gasteiger partial charge on any atom is -0.497 e. The van der Waals surface area contributed by atoms with Crippen molar-refractivity contribution in [2.45, 2.75) is 43.7 Å². The van der Waals surface area contributed by atoms with Gasteiger partial charge in [0.2, 0.25) is 0 Å². The molecule has 4 rings (SSSR count). The number of fused-ring (bicyclic) bond motifs is 2. The molecule has 5 nitrogen and oxygen atoms in total. The zero-order chi connectivity index (χ0) is 20.4. The van der Waals surface area contributed by atoms with Crippen molar-refractivity contribution in [2.24, 2.45) is 5.92 Å². The predicted molar refractivity (Wildman–Crippen MR) is 121 cm³/mol. The molecule has 30 heavy (non-hydrogen) atoms. The molecule has 0 aliphatic carbocycles. The molecular formula is C24H31ClN2O3. The number of esters is 1. The minimum absolute atomic E-state index is 0. The van der Waals surface area contributed by atoms with E-state index in [0.717, 1.165) is 36.3 Å². The number of benzene rings is 2. The number of hydrogen-bond acceptors (Lipinski definition) is 5. The molecule has 4 atom stereocenters. The van der Waals surface area contributed by atoms with Crippen LogP contribution in [-0.2, 0) is 16.0 Å². The van der Waals surface area contributed by atoms with Crippen molar-refractivity contribution in [3.8, 4) is 5.75 Å². The Labute approximate surface area is 184 Å². The molecule has 0 amide bonds. The summed E-state index contributed by atoms with van der Waals surface area (Å²) in [7, 11) is 3.83. The van der Waals surface area contributed by atoms with E-state index in [2.05, 4.69) is 24.1 Å². The number of rotatable bonds is 6. The van der Waals surface area contributed by atoms with Crippen molar-refractivity contribution >= 4 is 24.1 Å². The number of methoxy groups -OCH3 is 1. The van der Waals surface area contributed by atoms with Crippen LogP contribution in [0.15, 0.2) is 48.5 Å². The summed E-state index contributed by atoms with van der Waals surface area (Å²) >= 11 is 0. The molecule has 2 aromatic carbocycles. The first-order chi connectivity index (χ1) is 14.1. The third-order valence-electron chi connectivity index (χ3n) is 6.70. The number of halogens is 1. The second kappa shape index (κ2) is 9.71. The summed E-state index contributed by atoms with van der Waals surface area (Å²) in [5.41, 5.74) is 8.81. The largest absolute Gasteiger partial charge is 0.497 e. The van der Waals surface area contributed by atoms with Gasteiger partial charge in [-0.3, -0.25) is 9.69 Å². The maximum atomic E-state index is 13.2. The summed E-state index contributed by atoms with van der Waals surface area (Å²) < 4.78 is 11.1. The summed E-state index contributed by atoms with van der Waals surface area (Å²) in [6.45, 7) is 0.397. The lowest BCUT2D eigenvalue weighted by Gasteiger charge is -2.42. The van der Waals surface area contributed by atoms with Crippen LogP contribution < -0.4 is 10.5 Å². The molecule has 2 aromatic rings. The first kappa shape index (κ1) is 22.4. The van der Waals surface area contributed by atoms with Crippen LogP contribution >= 0.6 is 12.4 Å². The van der Waals surface area contributed by atoms with Crippen LogP contribution in [0.1, 0.15) is 36.3 Å². The fourth-order valence-corrected chi connectivity index (χ4v) is 5.03. The smallest absolute Gasteiger partial charge is 0.311 e. The zero-order valence-corrected chi connectivity index (χ0v) is 18.4. The molecule has 2 bridgehead atoms. The van der Waals surface area contributed by atoms with Gasteiger partial charge >= 0.3 is 5.97 Å². The summed E-state index contributed by atoms with van der Waals surface area (Å²) in [6, 6.07) is 16.7. The van der Waals surface area contributed by atoms with E-state index in [9.17, 15) is 4.79 Å². The Morgan fingerprint density at radius 3 is 2.47 bits per heavy atom. The summed E-state index contributed by atoms with van der Waals surface area (Å²) in [5, 5.41) is 0. The predicted octanol–water partition coefficient (Wildman–Crippen LogP) is 4.05. The Bertz CT molecular complexity index is 841. The average Bonchev–Trinajstić information content (AvgIpc) is 2.97. The maximum Gasteiger partial charge on any atom is 0.311 e. The maximum absolute atomic E-state index is 13.2. The fraction of sp³-hybridized carbons (Fsp3) is 0.458. The second-order valence-electron chi connectivity index (χ2n) is 8.26. The van der Waals surface area contributed by atoms with Crippen LogP contribution in [0, 0.1) is 5.92 Å². The average molecular weight is 431 g/mol. The zero-order valence-electron chi connectivity index (χ0n) is 17.6. The van der Waals surface area contributed by atoms with Gasteiger partial charge < -0.3 is 15.2 Å². The van der Waals surface area contributed by atoms with E-state index in [1.54, 1.807) is 7.11 Å². The minimum atomic E-state index is -0.126. The van der Waals surface area contributed by atoms with Crippen molar-refractivity contribution in [1.29, 1.82) is 0 Å². The molecule has 6 heteroatoms. The Balaban J connectivity index is 0.00000256. The van der Waals surface area contributed by atoms with E-state index in [4.69, 9.17) is 15.2 Å². The third-order valence-corrected chi connectivity index (χ3v) is 6.70. The molecule has 2 aliphatic heterocycles. The molecule has 0 spiro atoms. The van der Waals surface area contributed by atoms with Crippen molar-refractivity contribution in [1.82, 2.24) is 4.90 Å². The standard InChI is InChI=1S/C24H30N2O3.ClH/c1-26-19-9-12-22(26)23(21(15-19)17-5-10-20(28-2)11-6-17)24(27)29-14-13-16-3-7-18(25)8-4-16;/h3-8,10-11,19,21-23H,9,12-15,25H2,1-2H3;1H/t19-,21+,22+,23-;/m0./s1. The van der Waals surface area contributed by atoms with Crippen LogP contribution in [0.4, 0.5) is 5.69 Å². The summed E-state index contributed by atoms with van der Waals surface area (Å²) in [4.78, 5) is 15.6. The van der Waals surface area contributed by atoms with Gasteiger partial charge in [0, 0.05) is 30.1 Å². The lowest BCUT2D eigenvalue weighted by Crippen LogP contribution is -2.49. The van der Waals surface area contributed by atoms with Crippen molar-refractivity contribution in [2.75, 3.05) is 26.5 Å². The highest BCUT2D eigenvalue weighted by Crippen LogP contribution is 2.46. The van der Waals surface area contributed by atoms with E-state index >= 15 is 0 Å². The number of piperidine rings is 1. The first-order valence-corrected chi connectivity index (χ1v) is 10.4. The van der Waals surface area contributed by atoms with E-state index in [-0.39, 0.29) is 36.3 Å². The number of nitrogens with zero attached hydrogens (tertiary/aromatic N) is 1. The van der Waals surface area contributed by atoms with E-state index in [1.165, 1.54) is 5.56 Å². The Kier molecular flexibility index (Phi) is 7.27. The van der Waals surface area contributed by atoms with E-state index in [0.29, 0.717) is 19.1 Å². The number of nitrogen functional groups attached to an aromatic ring is 1. The van der Waals surface area contributed by atoms with Crippen LogP contribution in [0.5, 0.6) is 5.75 Å². The number of nitrogens with two attached hydrogens (primary N) is 1. The molecule has 0 aromatic heterocycles. The molecule has 2 aliphatic rings. The van der Waals surface area contributed by atoms with Crippen LogP contribution in [0.25, 0.3) is 0 Å². The monoisotopic (exact) mass is 430 g/mol. The van der Waals surface area contributed by atoms with Crippen LogP contribution in [-0.4, -0.2) is 43.7 Å². The second-order valence-corrected chi connectivity index (χ2v) is 8.26. The number of carbonyl (C=O) groups is 1. The summed E-state index contributed by atoms with van der Waals surface area (Å²) in [6.07, 6.45) is 3.92. The molecule has 2 N–H and O–H groups in total. The SMILES string of the molecule is COc1ccc([C@H]2C[C@@H]3CC[C@H]([C@H]2C(=O)OCCc2ccc(N)cc2)N3C)cc1.Cl. The van der Waals surface area contributed by atoms with Crippen molar-refractivity contribution < 1.29 is 14.3 Å². The van der Waals surface area contributed by atoms with Gasteiger partial charge in [-0.15, -0.1) is 12.4 Å². The first-order valence-electron chi connectivity index (χ1n) is 10.4. The van der Waals surface area contributed by atoms with Crippen LogP contribution in [0.3, 0.4) is 0 Å². The van der Waals surface area contributed by atoms with Crippen LogP contribution in [0.2, 0.25) is 0 Å². The Morgan fingerprint density at radius 1 is 1.10 bits per heavy atom. The fourth-order valence-electron chi connectivity index (χ4n) is 5.03. The Morgan fingerprint density at radius 2 is 1.80 bits per heavy atom. The Hall–Kier alpha value is -2.24. The molecule has 0 radical (unpaired) electrons. The number of hydrogen-bond donors (Lipinski definition) is 1. The summed E-state index contributed by atoms with van der Waals surface area (Å²) in [5.74, 6) is 0.836. The number of anilines is 1. The highest BCUT2D eigenvalue weighted by atomic mass is 35.5. The molecule has 0 saturated carbocycles. The van der Waals surface area contributed by atoms with Gasteiger partial charge in [0.25, 0.3) is 0 Å². The quantitative estimate of drug-likeness (QED) is 0.553. The highest BCUT2D eigenvalue weighted by Gasteiger charge is 2.49. The molecule has 0 unspecified atom stereocenters. The van der Waals surface area contributed by atoms with Crippen molar-refractivity contribution in [3.63, 3.8) is 0 Å². The van der Waals surface area contributed by atoms with Gasteiger partial charge in [-0.1, -0.05) is 24.3 Å². The van der Waals surface area contributed by atoms with E-state index in [1.807, 2.05) is 36.4 Å². The van der Waals surface area contributed by atoms with Gasteiger partial charge in [0.1, 0.15) is 5.75 Å². The van der Waals surface area contributed by atoms with Gasteiger partial charge in [-0.05, 0) is 61.7 Å². The topological polar surface area (TPSA) is 64.8 Å². The lowest BCUT2D eigenvalue weighted by atomic mass is 9.76.